The van der Waals surface area contributed by atoms with Crippen LogP contribution in [0.3, 0.4) is 0 Å². The Hall–Kier alpha value is -2.29. The summed E-state index contributed by atoms with van der Waals surface area (Å²) < 4.78 is 32.8. The first-order valence-corrected chi connectivity index (χ1v) is 10.9. The van der Waals surface area contributed by atoms with Gasteiger partial charge in [-0.15, -0.1) is 0 Å². The second kappa shape index (κ2) is 11.4. The van der Waals surface area contributed by atoms with Gasteiger partial charge in [-0.05, 0) is 48.5 Å². The standard InChI is InChI=1S/C23H30F2N4OS/c1-27(2)20-7-4-18(5-8-20)17-29(11-3-10-28-12-14-30-15-13-28)23(31)26-22-9-6-19(24)16-21(22)25/h4-9,16H,3,10-15,17H2,1-2H3,(H,26,31). The topological polar surface area (TPSA) is 31.0 Å². The van der Waals surface area contributed by atoms with E-state index in [2.05, 4.69) is 34.5 Å². The van der Waals surface area contributed by atoms with Crippen LogP contribution in [-0.4, -0.2) is 68.4 Å². The third-order valence-corrected chi connectivity index (χ3v) is 5.65. The number of ether oxygens (including phenoxy) is 1. The Labute approximate surface area is 188 Å². The molecule has 168 valence electrons. The van der Waals surface area contributed by atoms with Gasteiger partial charge in [0, 0.05) is 58.6 Å². The minimum atomic E-state index is -0.661. The normalized spacial score (nSPS) is 14.3. The first-order chi connectivity index (χ1) is 14.9. The van der Waals surface area contributed by atoms with Crippen LogP contribution in [0.1, 0.15) is 12.0 Å². The van der Waals surface area contributed by atoms with Crippen molar-refractivity contribution in [2.45, 2.75) is 13.0 Å². The van der Waals surface area contributed by atoms with Gasteiger partial charge < -0.3 is 19.9 Å². The van der Waals surface area contributed by atoms with Gasteiger partial charge in [0.05, 0.1) is 18.9 Å². The van der Waals surface area contributed by atoms with E-state index in [0.717, 1.165) is 63.1 Å². The highest BCUT2D eigenvalue weighted by Gasteiger charge is 2.15. The lowest BCUT2D eigenvalue weighted by Crippen LogP contribution is -2.40. The molecule has 1 saturated heterocycles. The van der Waals surface area contributed by atoms with Crippen LogP contribution in [0.2, 0.25) is 0 Å². The van der Waals surface area contributed by atoms with Crippen LogP contribution in [0.4, 0.5) is 20.2 Å². The summed E-state index contributed by atoms with van der Waals surface area (Å²) in [6.45, 7) is 5.70. The minimum Gasteiger partial charge on any atom is -0.379 e. The number of thiocarbonyl (C=S) groups is 1. The third kappa shape index (κ3) is 7.12. The number of morpholine rings is 1. The van der Waals surface area contributed by atoms with Crippen molar-refractivity contribution in [3.8, 4) is 0 Å². The maximum Gasteiger partial charge on any atom is 0.173 e. The van der Waals surface area contributed by atoms with E-state index in [-0.39, 0.29) is 5.69 Å². The fourth-order valence-electron chi connectivity index (χ4n) is 3.47. The van der Waals surface area contributed by atoms with E-state index in [4.69, 9.17) is 17.0 Å². The molecule has 3 rings (SSSR count). The molecule has 1 aliphatic heterocycles. The van der Waals surface area contributed by atoms with Crippen LogP contribution in [0.15, 0.2) is 42.5 Å². The second-order valence-corrected chi connectivity index (χ2v) is 8.23. The van der Waals surface area contributed by atoms with E-state index >= 15 is 0 Å². The fraction of sp³-hybridized carbons (Fsp3) is 0.435. The summed E-state index contributed by atoms with van der Waals surface area (Å²) in [6.07, 6.45) is 0.920. The summed E-state index contributed by atoms with van der Waals surface area (Å²) in [7, 11) is 4.01. The van der Waals surface area contributed by atoms with Gasteiger partial charge in [0.1, 0.15) is 11.6 Å². The molecule has 5 nitrogen and oxygen atoms in total. The van der Waals surface area contributed by atoms with Crippen molar-refractivity contribution in [2.75, 3.05) is 63.7 Å². The summed E-state index contributed by atoms with van der Waals surface area (Å²) in [6, 6.07) is 11.7. The number of rotatable bonds is 8. The van der Waals surface area contributed by atoms with Crippen LogP contribution >= 0.6 is 12.2 Å². The molecular formula is C23H30F2N4OS. The lowest BCUT2D eigenvalue weighted by Gasteiger charge is -2.30. The van der Waals surface area contributed by atoms with Gasteiger partial charge in [-0.25, -0.2) is 8.78 Å². The molecule has 2 aromatic carbocycles. The maximum atomic E-state index is 14.1. The molecular weight excluding hydrogens is 418 g/mol. The maximum absolute atomic E-state index is 14.1. The number of hydrogen-bond donors (Lipinski definition) is 1. The number of hydrogen-bond acceptors (Lipinski definition) is 4. The molecule has 0 aliphatic carbocycles. The summed E-state index contributed by atoms with van der Waals surface area (Å²) >= 11 is 5.60. The van der Waals surface area contributed by atoms with Crippen molar-refractivity contribution < 1.29 is 13.5 Å². The Balaban J connectivity index is 1.66. The number of nitrogens with zero attached hydrogens (tertiary/aromatic N) is 3. The predicted octanol–water partition coefficient (Wildman–Crippen LogP) is 3.95. The molecule has 0 radical (unpaired) electrons. The zero-order chi connectivity index (χ0) is 22.2. The van der Waals surface area contributed by atoms with Crippen LogP contribution in [0.5, 0.6) is 0 Å². The zero-order valence-corrected chi connectivity index (χ0v) is 18.9. The van der Waals surface area contributed by atoms with E-state index in [1.54, 1.807) is 0 Å². The highest BCUT2D eigenvalue weighted by Crippen LogP contribution is 2.18. The predicted molar refractivity (Wildman–Crippen MR) is 126 cm³/mol. The van der Waals surface area contributed by atoms with Gasteiger partial charge >= 0.3 is 0 Å². The summed E-state index contributed by atoms with van der Waals surface area (Å²) in [5.41, 5.74) is 2.41. The Morgan fingerprint density at radius 2 is 1.81 bits per heavy atom. The molecule has 0 spiro atoms. The zero-order valence-electron chi connectivity index (χ0n) is 18.1. The SMILES string of the molecule is CN(C)c1ccc(CN(CCCN2CCOCC2)C(=S)Nc2ccc(F)cc2F)cc1. The third-order valence-electron chi connectivity index (χ3n) is 5.29. The van der Waals surface area contributed by atoms with Crippen molar-refractivity contribution in [1.82, 2.24) is 9.80 Å². The molecule has 1 fully saturated rings. The lowest BCUT2D eigenvalue weighted by atomic mass is 10.2. The van der Waals surface area contributed by atoms with E-state index in [1.807, 2.05) is 23.9 Å². The molecule has 1 aliphatic rings. The van der Waals surface area contributed by atoms with Crippen LogP contribution < -0.4 is 10.2 Å². The Bertz CT molecular complexity index is 857. The molecule has 2 aromatic rings. The molecule has 0 atom stereocenters. The molecule has 1 heterocycles. The molecule has 8 heteroatoms. The minimum absolute atomic E-state index is 0.174. The fourth-order valence-corrected chi connectivity index (χ4v) is 3.73. The highest BCUT2D eigenvalue weighted by atomic mass is 32.1. The van der Waals surface area contributed by atoms with Crippen LogP contribution in [0, 0.1) is 11.6 Å². The Morgan fingerprint density at radius 1 is 1.10 bits per heavy atom. The first kappa shape index (κ1) is 23.4. The van der Waals surface area contributed by atoms with E-state index in [9.17, 15) is 8.78 Å². The number of halogens is 2. The Kier molecular flexibility index (Phi) is 8.57. The molecule has 0 unspecified atom stereocenters. The average molecular weight is 449 g/mol. The largest absolute Gasteiger partial charge is 0.379 e. The van der Waals surface area contributed by atoms with E-state index < -0.39 is 11.6 Å². The van der Waals surface area contributed by atoms with Gasteiger partial charge in [0.25, 0.3) is 0 Å². The van der Waals surface area contributed by atoms with Crippen LogP contribution in [0.25, 0.3) is 0 Å². The highest BCUT2D eigenvalue weighted by molar-refractivity contribution is 7.80. The van der Waals surface area contributed by atoms with Crippen LogP contribution in [-0.2, 0) is 11.3 Å². The molecule has 0 saturated carbocycles. The van der Waals surface area contributed by atoms with Gasteiger partial charge in [-0.1, -0.05) is 12.1 Å². The molecule has 0 amide bonds. The molecule has 31 heavy (non-hydrogen) atoms. The average Bonchev–Trinajstić information content (AvgIpc) is 2.76. The first-order valence-electron chi connectivity index (χ1n) is 10.5. The number of anilines is 2. The quantitative estimate of drug-likeness (QED) is 0.616. The smallest absolute Gasteiger partial charge is 0.173 e. The van der Waals surface area contributed by atoms with Gasteiger partial charge in [0.2, 0.25) is 0 Å². The Morgan fingerprint density at radius 3 is 2.45 bits per heavy atom. The van der Waals surface area contributed by atoms with E-state index in [0.29, 0.717) is 11.7 Å². The van der Waals surface area contributed by atoms with Crippen molar-refractivity contribution in [2.24, 2.45) is 0 Å². The summed E-state index contributed by atoms with van der Waals surface area (Å²) in [5, 5.41) is 3.37. The summed E-state index contributed by atoms with van der Waals surface area (Å²) in [5.74, 6) is -1.27. The van der Waals surface area contributed by atoms with Gasteiger partial charge in [0.15, 0.2) is 5.11 Å². The summed E-state index contributed by atoms with van der Waals surface area (Å²) in [4.78, 5) is 6.46. The van der Waals surface area contributed by atoms with E-state index in [1.165, 1.54) is 12.1 Å². The van der Waals surface area contributed by atoms with Crippen molar-refractivity contribution >= 4 is 28.7 Å². The number of nitrogens with one attached hydrogen (secondary N) is 1. The van der Waals surface area contributed by atoms with Crippen molar-refractivity contribution in [3.05, 3.63) is 59.7 Å². The monoisotopic (exact) mass is 448 g/mol. The second-order valence-electron chi connectivity index (χ2n) is 7.84. The van der Waals surface area contributed by atoms with Crippen molar-refractivity contribution in [1.29, 1.82) is 0 Å². The molecule has 0 aromatic heterocycles. The lowest BCUT2D eigenvalue weighted by molar-refractivity contribution is 0.0368. The van der Waals surface area contributed by atoms with Gasteiger partial charge in [-0.2, -0.15) is 0 Å². The van der Waals surface area contributed by atoms with Crippen molar-refractivity contribution in [3.63, 3.8) is 0 Å². The molecule has 1 N–H and O–H groups in total. The number of benzene rings is 2. The van der Waals surface area contributed by atoms with Gasteiger partial charge in [-0.3, -0.25) is 4.90 Å². The molecule has 0 bridgehead atoms.